The van der Waals surface area contributed by atoms with Gasteiger partial charge in [-0.1, -0.05) is 12.1 Å². The zero-order valence-electron chi connectivity index (χ0n) is 18.7. The molecule has 3 aromatic rings. The van der Waals surface area contributed by atoms with Crippen LogP contribution in [0.5, 0.6) is 0 Å². The Labute approximate surface area is 189 Å². The van der Waals surface area contributed by atoms with Crippen LogP contribution in [0.25, 0.3) is 10.8 Å². The highest BCUT2D eigenvalue weighted by Gasteiger charge is 2.42. The predicted molar refractivity (Wildman–Crippen MR) is 121 cm³/mol. The Hall–Kier alpha value is -2.98. The van der Waals surface area contributed by atoms with Gasteiger partial charge in [0.2, 0.25) is 0 Å². The highest BCUT2D eigenvalue weighted by atomic mass is 19.4. The van der Waals surface area contributed by atoms with E-state index in [0.29, 0.717) is 23.5 Å². The molecule has 5 rings (SSSR count). The van der Waals surface area contributed by atoms with Crippen molar-refractivity contribution >= 4 is 22.4 Å². The van der Waals surface area contributed by atoms with E-state index in [2.05, 4.69) is 37.3 Å². The third-order valence-corrected chi connectivity index (χ3v) is 6.95. The molecule has 33 heavy (non-hydrogen) atoms. The van der Waals surface area contributed by atoms with Gasteiger partial charge in [0.05, 0.1) is 11.3 Å². The Kier molecular flexibility index (Phi) is 5.17. The average Bonchev–Trinajstić information content (AvgIpc) is 3.34. The number of alkyl halides is 3. The highest BCUT2D eigenvalue weighted by Crippen LogP contribution is 2.36. The molecule has 0 aliphatic carbocycles. The molecule has 2 aliphatic heterocycles. The van der Waals surface area contributed by atoms with Gasteiger partial charge in [0.15, 0.2) is 5.82 Å². The number of aromatic nitrogens is 3. The number of likely N-dealkylation sites (N-methyl/N-ethyl adjacent to an activating group) is 1. The maximum absolute atomic E-state index is 13.4. The lowest BCUT2D eigenvalue weighted by molar-refractivity contribution is -0.138. The molecule has 2 aliphatic rings. The van der Waals surface area contributed by atoms with Gasteiger partial charge in [0.1, 0.15) is 12.0 Å². The Bertz CT molecular complexity index is 1210. The van der Waals surface area contributed by atoms with Crippen molar-refractivity contribution in [3.8, 4) is 0 Å². The minimum Gasteiger partial charge on any atom is -0.351 e. The molecule has 2 saturated heterocycles. The first kappa shape index (κ1) is 21.8. The van der Waals surface area contributed by atoms with E-state index in [-0.39, 0.29) is 5.56 Å². The number of fused-ring (bicyclic) bond motifs is 3. The number of aryl methyl sites for hydroxylation is 1. The normalized spacial score (nSPS) is 21.7. The van der Waals surface area contributed by atoms with E-state index in [0.717, 1.165) is 47.9 Å². The second kappa shape index (κ2) is 7.81. The van der Waals surface area contributed by atoms with Crippen LogP contribution in [0.2, 0.25) is 0 Å². The first-order valence-corrected chi connectivity index (χ1v) is 10.9. The molecule has 4 heterocycles. The van der Waals surface area contributed by atoms with E-state index in [4.69, 9.17) is 5.73 Å². The molecule has 174 valence electrons. The van der Waals surface area contributed by atoms with Crippen LogP contribution in [0, 0.1) is 13.8 Å². The van der Waals surface area contributed by atoms with E-state index in [9.17, 15) is 13.2 Å². The number of anilines is 2. The maximum Gasteiger partial charge on any atom is 0.416 e. The van der Waals surface area contributed by atoms with E-state index < -0.39 is 17.9 Å². The van der Waals surface area contributed by atoms with Gasteiger partial charge in [-0.05, 0) is 50.6 Å². The summed E-state index contributed by atoms with van der Waals surface area (Å²) in [5.74, 6) is 1.28. The van der Waals surface area contributed by atoms with Crippen LogP contribution in [0.4, 0.5) is 24.8 Å². The zero-order chi connectivity index (χ0) is 23.5. The van der Waals surface area contributed by atoms with Crippen LogP contribution in [0.3, 0.4) is 0 Å². The number of piperazine rings is 1. The number of rotatable bonds is 4. The first-order chi connectivity index (χ1) is 15.6. The fourth-order valence-corrected chi connectivity index (χ4v) is 5.09. The third-order valence-electron chi connectivity index (χ3n) is 6.95. The Balaban J connectivity index is 1.49. The van der Waals surface area contributed by atoms with Gasteiger partial charge < -0.3 is 16.0 Å². The van der Waals surface area contributed by atoms with Crippen molar-refractivity contribution in [2.24, 2.45) is 5.73 Å². The summed E-state index contributed by atoms with van der Waals surface area (Å²) < 4.78 is 40.1. The Morgan fingerprint density at radius 2 is 1.91 bits per heavy atom. The molecular weight excluding hydrogens is 431 g/mol. The molecule has 0 unspecified atom stereocenters. The molecule has 3 N–H and O–H groups in total. The summed E-state index contributed by atoms with van der Waals surface area (Å²) >= 11 is 0. The predicted octanol–water partition coefficient (Wildman–Crippen LogP) is 3.62. The zero-order valence-corrected chi connectivity index (χ0v) is 18.7. The molecule has 0 spiro atoms. The van der Waals surface area contributed by atoms with Gasteiger partial charge in [-0.25, -0.2) is 4.98 Å². The quantitative estimate of drug-likeness (QED) is 0.579. The van der Waals surface area contributed by atoms with Crippen LogP contribution in [-0.2, 0) is 6.18 Å². The van der Waals surface area contributed by atoms with E-state index in [1.807, 2.05) is 13.0 Å². The number of halogens is 3. The summed E-state index contributed by atoms with van der Waals surface area (Å²) in [6.45, 7) is 5.20. The molecule has 2 fully saturated rings. The number of hydrogen-bond acceptors (Lipinski definition) is 7. The Morgan fingerprint density at radius 3 is 2.58 bits per heavy atom. The molecule has 3 atom stereocenters. The van der Waals surface area contributed by atoms with Crippen LogP contribution >= 0.6 is 0 Å². The van der Waals surface area contributed by atoms with E-state index >= 15 is 0 Å². The summed E-state index contributed by atoms with van der Waals surface area (Å²) in [4.78, 5) is 9.38. The van der Waals surface area contributed by atoms with Gasteiger partial charge in [0.25, 0.3) is 0 Å². The minimum atomic E-state index is -4.44. The number of pyridine rings is 1. The van der Waals surface area contributed by atoms with Gasteiger partial charge in [-0.15, -0.1) is 5.10 Å². The molecule has 2 bridgehead atoms. The van der Waals surface area contributed by atoms with Crippen LogP contribution in [0.1, 0.15) is 35.0 Å². The molecule has 7 nitrogen and oxygen atoms in total. The molecule has 0 amide bonds. The lowest BCUT2D eigenvalue weighted by Crippen LogP contribution is -2.44. The monoisotopic (exact) mass is 457 g/mol. The van der Waals surface area contributed by atoms with Gasteiger partial charge in [0, 0.05) is 42.1 Å². The van der Waals surface area contributed by atoms with Crippen molar-refractivity contribution in [3.05, 3.63) is 52.8 Å². The van der Waals surface area contributed by atoms with Crippen molar-refractivity contribution in [1.82, 2.24) is 20.1 Å². The number of likely N-dealkylation sites (tertiary alicyclic amines) is 1. The summed E-state index contributed by atoms with van der Waals surface area (Å²) in [5.41, 5.74) is 6.79. The number of nitrogens with one attached hydrogen (secondary N) is 1. The molecule has 0 radical (unpaired) electrons. The molecular formula is C23H26F3N7. The lowest BCUT2D eigenvalue weighted by atomic mass is 10.00. The summed E-state index contributed by atoms with van der Waals surface area (Å²) in [6, 6.07) is 6.95. The second-order valence-electron chi connectivity index (χ2n) is 9.00. The standard InChI is InChI=1S/C23H26F3N7/c1-12-16(5-4-6-19(12)23(24,25)26)21(27)29-22-17-8-20(28-9-18(17)13(2)30-31-22)33-11-14-7-15(33)10-32(14)3/h4-6,8-9,14-15,21H,7,10-11,27H2,1-3H3,(H,29,31)/t14-,15-,21+/m1/s1. The molecule has 0 saturated carbocycles. The van der Waals surface area contributed by atoms with Gasteiger partial charge in [-0.2, -0.15) is 18.3 Å². The van der Waals surface area contributed by atoms with E-state index in [1.165, 1.54) is 13.0 Å². The smallest absolute Gasteiger partial charge is 0.351 e. The first-order valence-electron chi connectivity index (χ1n) is 10.9. The van der Waals surface area contributed by atoms with Crippen molar-refractivity contribution in [2.75, 3.05) is 30.4 Å². The number of nitrogens with zero attached hydrogens (tertiary/aromatic N) is 5. The van der Waals surface area contributed by atoms with Crippen molar-refractivity contribution in [3.63, 3.8) is 0 Å². The van der Waals surface area contributed by atoms with Gasteiger partial charge in [-0.3, -0.25) is 4.90 Å². The van der Waals surface area contributed by atoms with Crippen LogP contribution in [-0.4, -0.2) is 52.3 Å². The SMILES string of the molecule is Cc1c([C@@H](N)Nc2nnc(C)c3cnc(N4C[C@H]5C[C@@H]4CN5C)cc23)cccc1C(F)(F)F. The lowest BCUT2D eigenvalue weighted by Gasteiger charge is -2.33. The highest BCUT2D eigenvalue weighted by molar-refractivity contribution is 5.94. The summed E-state index contributed by atoms with van der Waals surface area (Å²) in [5, 5.41) is 13.2. The average molecular weight is 458 g/mol. The Morgan fingerprint density at radius 1 is 1.12 bits per heavy atom. The largest absolute Gasteiger partial charge is 0.416 e. The topological polar surface area (TPSA) is 83.2 Å². The maximum atomic E-state index is 13.4. The van der Waals surface area contributed by atoms with E-state index in [1.54, 1.807) is 12.3 Å². The molecule has 2 aromatic heterocycles. The number of benzene rings is 1. The van der Waals surface area contributed by atoms with Crippen LogP contribution < -0.4 is 16.0 Å². The fraction of sp³-hybridized carbons (Fsp3) is 0.435. The number of hydrogen-bond donors (Lipinski definition) is 2. The van der Waals surface area contributed by atoms with Gasteiger partial charge >= 0.3 is 6.18 Å². The van der Waals surface area contributed by atoms with Crippen molar-refractivity contribution < 1.29 is 13.2 Å². The minimum absolute atomic E-state index is 0.0916. The number of nitrogens with two attached hydrogens (primary N) is 1. The molecule has 10 heteroatoms. The molecule has 1 aromatic carbocycles. The summed E-state index contributed by atoms with van der Waals surface area (Å²) in [6.07, 6.45) is -2.42. The van der Waals surface area contributed by atoms with Crippen molar-refractivity contribution in [1.29, 1.82) is 0 Å². The third kappa shape index (κ3) is 3.76. The summed E-state index contributed by atoms with van der Waals surface area (Å²) in [7, 11) is 2.15. The van der Waals surface area contributed by atoms with Crippen LogP contribution in [0.15, 0.2) is 30.5 Å². The fourth-order valence-electron chi connectivity index (χ4n) is 5.09. The second-order valence-corrected chi connectivity index (χ2v) is 9.00. The van der Waals surface area contributed by atoms with Crippen molar-refractivity contribution in [2.45, 2.75) is 44.7 Å².